The third-order valence-electron chi connectivity index (χ3n) is 6.62. The molecule has 0 radical (unpaired) electrons. The van der Waals surface area contributed by atoms with Gasteiger partial charge in [-0.2, -0.15) is 0 Å². The minimum atomic E-state index is -0.214. The number of aliphatic hydroxyl groups is 1. The van der Waals surface area contributed by atoms with Gasteiger partial charge < -0.3 is 14.6 Å². The van der Waals surface area contributed by atoms with Gasteiger partial charge in [-0.15, -0.1) is 0 Å². The maximum Gasteiger partial charge on any atom is 0.161 e. The molecule has 150 valence electrons. The van der Waals surface area contributed by atoms with E-state index in [1.54, 1.807) is 14.2 Å². The number of hydrogen-bond donors (Lipinski definition) is 1. The van der Waals surface area contributed by atoms with Gasteiger partial charge in [0.15, 0.2) is 11.5 Å². The normalized spacial score (nSPS) is 21.6. The van der Waals surface area contributed by atoms with E-state index in [4.69, 9.17) is 9.47 Å². The van der Waals surface area contributed by atoms with Crippen LogP contribution in [0.4, 0.5) is 0 Å². The summed E-state index contributed by atoms with van der Waals surface area (Å²) < 4.78 is 11.1. The average Bonchev–Trinajstić information content (AvgIpc) is 2.76. The summed E-state index contributed by atoms with van der Waals surface area (Å²) in [7, 11) is 3.29. The zero-order valence-corrected chi connectivity index (χ0v) is 16.8. The van der Waals surface area contributed by atoms with Gasteiger partial charge in [0.25, 0.3) is 0 Å². The fourth-order valence-electron chi connectivity index (χ4n) is 5.15. The molecule has 2 atom stereocenters. The number of aliphatic hydroxyl groups excluding tert-OH is 1. The highest BCUT2D eigenvalue weighted by Gasteiger charge is 2.33. The second-order valence-electron chi connectivity index (χ2n) is 8.14. The van der Waals surface area contributed by atoms with E-state index in [2.05, 4.69) is 17.0 Å². The largest absolute Gasteiger partial charge is 0.493 e. The standard InChI is InChI=1S/C24H25NO4/c1-28-23-10-20-18-7-14(13-26)3-4-17(18)22-12-25-6-5-16(27)8-15(25)9-19(22)21(20)11-24(23)29-2/h3-4,7,10-11,13,15-16,27H,5-6,8-9,12H2,1-2H3/t15-,16-/m1/s1. The highest BCUT2D eigenvalue weighted by molar-refractivity contribution is 6.13. The molecule has 5 heteroatoms. The lowest BCUT2D eigenvalue weighted by Gasteiger charge is -2.42. The molecular weight excluding hydrogens is 366 g/mol. The molecule has 0 bridgehead atoms. The number of carbonyl (C=O) groups is 1. The number of fused-ring (bicyclic) bond motifs is 7. The second kappa shape index (κ2) is 7.01. The van der Waals surface area contributed by atoms with E-state index in [-0.39, 0.29) is 6.10 Å². The summed E-state index contributed by atoms with van der Waals surface area (Å²) in [5, 5.41) is 14.7. The molecule has 2 heterocycles. The Bertz CT molecular complexity index is 1120. The summed E-state index contributed by atoms with van der Waals surface area (Å²) in [5.74, 6) is 1.39. The zero-order valence-electron chi connectivity index (χ0n) is 16.8. The van der Waals surface area contributed by atoms with Gasteiger partial charge in [0.1, 0.15) is 6.29 Å². The Morgan fingerprint density at radius 2 is 1.72 bits per heavy atom. The van der Waals surface area contributed by atoms with Crippen LogP contribution in [0.15, 0.2) is 30.3 Å². The minimum Gasteiger partial charge on any atom is -0.493 e. The van der Waals surface area contributed by atoms with Crippen molar-refractivity contribution in [2.45, 2.75) is 38.0 Å². The summed E-state index contributed by atoms with van der Waals surface area (Å²) in [6.45, 7) is 1.79. The number of hydrogen-bond acceptors (Lipinski definition) is 5. The van der Waals surface area contributed by atoms with Crippen molar-refractivity contribution in [3.05, 3.63) is 47.0 Å². The van der Waals surface area contributed by atoms with Gasteiger partial charge in [0.2, 0.25) is 0 Å². The summed E-state index contributed by atoms with van der Waals surface area (Å²) in [6, 6.07) is 10.4. The molecule has 0 saturated carbocycles. The van der Waals surface area contributed by atoms with Crippen LogP contribution in [0.25, 0.3) is 21.5 Å². The van der Waals surface area contributed by atoms with Crippen LogP contribution < -0.4 is 9.47 Å². The van der Waals surface area contributed by atoms with Gasteiger partial charge in [-0.25, -0.2) is 0 Å². The van der Waals surface area contributed by atoms with Crippen molar-refractivity contribution in [3.8, 4) is 11.5 Å². The van der Waals surface area contributed by atoms with E-state index in [1.807, 2.05) is 18.2 Å². The summed E-state index contributed by atoms with van der Waals surface area (Å²) in [6.07, 6.45) is 3.24. The summed E-state index contributed by atoms with van der Waals surface area (Å²) in [4.78, 5) is 13.9. The van der Waals surface area contributed by atoms with Gasteiger partial charge in [-0.05, 0) is 70.1 Å². The van der Waals surface area contributed by atoms with Crippen LogP contribution in [0.5, 0.6) is 11.5 Å². The van der Waals surface area contributed by atoms with Gasteiger partial charge in [-0.3, -0.25) is 9.69 Å². The van der Waals surface area contributed by atoms with E-state index < -0.39 is 0 Å². The topological polar surface area (TPSA) is 59.0 Å². The minimum absolute atomic E-state index is 0.214. The zero-order chi connectivity index (χ0) is 20.1. The van der Waals surface area contributed by atoms with Crippen molar-refractivity contribution >= 4 is 27.8 Å². The second-order valence-corrected chi connectivity index (χ2v) is 8.14. The van der Waals surface area contributed by atoms with Crippen molar-refractivity contribution in [1.29, 1.82) is 0 Å². The third kappa shape index (κ3) is 2.88. The molecule has 0 unspecified atom stereocenters. The predicted octanol–water partition coefficient (Wildman–Crippen LogP) is 3.70. The monoisotopic (exact) mass is 391 g/mol. The number of piperidine rings is 1. The lowest BCUT2D eigenvalue weighted by molar-refractivity contribution is 0.0322. The van der Waals surface area contributed by atoms with Crippen molar-refractivity contribution in [2.75, 3.05) is 20.8 Å². The molecule has 2 aliphatic rings. The fourth-order valence-corrected chi connectivity index (χ4v) is 5.15. The van der Waals surface area contributed by atoms with Crippen LogP contribution in [-0.4, -0.2) is 49.2 Å². The Hall–Kier alpha value is -2.63. The number of methoxy groups -OCH3 is 2. The number of rotatable bonds is 3. The molecule has 2 aliphatic heterocycles. The van der Waals surface area contributed by atoms with Gasteiger partial charge >= 0.3 is 0 Å². The van der Waals surface area contributed by atoms with Crippen molar-refractivity contribution in [2.24, 2.45) is 0 Å². The number of benzene rings is 3. The maximum atomic E-state index is 11.4. The third-order valence-corrected chi connectivity index (χ3v) is 6.62. The number of aldehydes is 1. The molecule has 0 aliphatic carbocycles. The molecule has 0 amide bonds. The number of nitrogens with zero attached hydrogens (tertiary/aromatic N) is 1. The van der Waals surface area contributed by atoms with Crippen LogP contribution in [-0.2, 0) is 13.0 Å². The molecule has 5 rings (SSSR count). The van der Waals surface area contributed by atoms with E-state index in [0.717, 1.165) is 54.8 Å². The van der Waals surface area contributed by atoms with Gasteiger partial charge in [0.05, 0.1) is 20.3 Å². The van der Waals surface area contributed by atoms with Gasteiger partial charge in [0, 0.05) is 24.7 Å². The Kier molecular flexibility index (Phi) is 4.45. The molecule has 1 saturated heterocycles. The SMILES string of the molecule is COc1cc2c3c(c4ccc(C=O)cc4c2cc1OC)CN1CC[C@@H](O)C[C@@H]1C3. The lowest BCUT2D eigenvalue weighted by Crippen LogP contribution is -2.47. The molecule has 1 fully saturated rings. The molecule has 3 aromatic carbocycles. The Morgan fingerprint density at radius 3 is 2.45 bits per heavy atom. The predicted molar refractivity (Wildman–Crippen MR) is 113 cm³/mol. The number of carbonyl (C=O) groups excluding carboxylic acids is 1. The van der Waals surface area contributed by atoms with Crippen molar-refractivity contribution in [3.63, 3.8) is 0 Å². The highest BCUT2D eigenvalue weighted by atomic mass is 16.5. The first kappa shape index (κ1) is 18.4. The van der Waals surface area contributed by atoms with E-state index in [0.29, 0.717) is 23.1 Å². The quantitative estimate of drug-likeness (QED) is 0.545. The van der Waals surface area contributed by atoms with Crippen LogP contribution >= 0.6 is 0 Å². The first-order valence-corrected chi connectivity index (χ1v) is 10.1. The van der Waals surface area contributed by atoms with E-state index >= 15 is 0 Å². The summed E-state index contributed by atoms with van der Waals surface area (Å²) in [5.41, 5.74) is 3.32. The smallest absolute Gasteiger partial charge is 0.161 e. The Balaban J connectivity index is 1.83. The first-order chi connectivity index (χ1) is 14.1. The molecule has 0 aromatic heterocycles. The average molecular weight is 391 g/mol. The first-order valence-electron chi connectivity index (χ1n) is 10.1. The Labute approximate surface area is 169 Å². The highest BCUT2D eigenvalue weighted by Crippen LogP contribution is 2.43. The van der Waals surface area contributed by atoms with Crippen molar-refractivity contribution in [1.82, 2.24) is 4.90 Å². The maximum absolute atomic E-state index is 11.4. The van der Waals surface area contributed by atoms with Crippen LogP contribution in [0, 0.1) is 0 Å². The molecule has 3 aromatic rings. The van der Waals surface area contributed by atoms with E-state index in [1.165, 1.54) is 16.5 Å². The molecule has 5 nitrogen and oxygen atoms in total. The molecular formula is C24H25NO4. The Morgan fingerprint density at radius 1 is 1.00 bits per heavy atom. The van der Waals surface area contributed by atoms with Crippen LogP contribution in [0.3, 0.4) is 0 Å². The summed E-state index contributed by atoms with van der Waals surface area (Å²) >= 11 is 0. The number of ether oxygens (including phenoxy) is 2. The molecule has 1 N–H and O–H groups in total. The molecule has 29 heavy (non-hydrogen) atoms. The fraction of sp³-hybridized carbons (Fsp3) is 0.375. The van der Waals surface area contributed by atoms with Crippen LogP contribution in [0.1, 0.15) is 34.3 Å². The van der Waals surface area contributed by atoms with E-state index in [9.17, 15) is 9.90 Å². The molecule has 0 spiro atoms. The van der Waals surface area contributed by atoms with Gasteiger partial charge in [-0.1, -0.05) is 12.1 Å². The van der Waals surface area contributed by atoms with Crippen LogP contribution in [0.2, 0.25) is 0 Å². The van der Waals surface area contributed by atoms with Crippen molar-refractivity contribution < 1.29 is 19.4 Å². The lowest BCUT2D eigenvalue weighted by atomic mass is 9.82.